The second kappa shape index (κ2) is 6.84. The number of rotatable bonds is 3. The molecule has 0 bridgehead atoms. The zero-order chi connectivity index (χ0) is 20.7. The third-order valence-corrected chi connectivity index (χ3v) is 3.86. The van der Waals surface area contributed by atoms with Crippen LogP contribution in [0.4, 0.5) is 26.3 Å². The van der Waals surface area contributed by atoms with Gasteiger partial charge in [0.25, 0.3) is 0 Å². The lowest BCUT2D eigenvalue weighted by atomic mass is 10.0. The Morgan fingerprint density at radius 1 is 0.964 bits per heavy atom. The summed E-state index contributed by atoms with van der Waals surface area (Å²) < 4.78 is 84.4. The van der Waals surface area contributed by atoms with Gasteiger partial charge in [0.05, 0.1) is 17.7 Å². The van der Waals surface area contributed by atoms with E-state index >= 15 is 0 Å². The van der Waals surface area contributed by atoms with Gasteiger partial charge < -0.3 is 9.14 Å². The molecule has 10 heteroatoms. The number of benzene rings is 1. The molecule has 0 amide bonds. The predicted molar refractivity (Wildman–Crippen MR) is 86.6 cm³/mol. The average Bonchev–Trinajstić information content (AvgIpc) is 3.03. The fourth-order valence-corrected chi connectivity index (χ4v) is 2.59. The van der Waals surface area contributed by atoms with Gasteiger partial charge in [0.2, 0.25) is 0 Å². The molecule has 0 fully saturated rings. The number of alkyl halides is 6. The first-order valence-corrected chi connectivity index (χ1v) is 7.95. The van der Waals surface area contributed by atoms with Crippen LogP contribution in [0, 0.1) is 0 Å². The van der Waals surface area contributed by atoms with Gasteiger partial charge in [-0.1, -0.05) is 0 Å². The highest BCUT2D eigenvalue weighted by molar-refractivity contribution is 5.88. The van der Waals surface area contributed by atoms with Crippen molar-refractivity contribution in [3.05, 3.63) is 59.5 Å². The molecule has 0 aliphatic carbocycles. The third-order valence-electron chi connectivity index (χ3n) is 3.86. The Kier molecular flexibility index (Phi) is 4.82. The van der Waals surface area contributed by atoms with Crippen LogP contribution in [0.3, 0.4) is 0 Å². The molecule has 0 saturated carbocycles. The Morgan fingerprint density at radius 2 is 1.57 bits per heavy atom. The largest absolute Gasteiger partial charge is 0.461 e. The zero-order valence-corrected chi connectivity index (χ0v) is 14.2. The Balaban J connectivity index is 2.11. The normalized spacial score (nSPS) is 12.4. The van der Waals surface area contributed by atoms with Crippen molar-refractivity contribution in [1.29, 1.82) is 0 Å². The molecular weight excluding hydrogens is 390 g/mol. The number of fused-ring (bicyclic) bond motifs is 1. The number of aromatic nitrogens is 2. The summed E-state index contributed by atoms with van der Waals surface area (Å²) in [7, 11) is 0. The van der Waals surface area contributed by atoms with Crippen molar-refractivity contribution in [1.82, 2.24) is 9.38 Å². The Morgan fingerprint density at radius 3 is 2.11 bits per heavy atom. The molecule has 0 spiro atoms. The number of halogens is 6. The lowest BCUT2D eigenvalue weighted by Gasteiger charge is -2.14. The number of esters is 1. The van der Waals surface area contributed by atoms with Crippen LogP contribution in [0.25, 0.3) is 16.8 Å². The predicted octanol–water partition coefficient (Wildman–Crippen LogP) is 5.22. The van der Waals surface area contributed by atoms with Crippen LogP contribution in [-0.2, 0) is 17.1 Å². The number of carbonyl (C=O) groups is 1. The molecular formula is C18H12F6N2O2. The van der Waals surface area contributed by atoms with Gasteiger partial charge in [-0.25, -0.2) is 9.78 Å². The molecule has 2 aromatic heterocycles. The van der Waals surface area contributed by atoms with E-state index in [1.165, 1.54) is 28.9 Å². The van der Waals surface area contributed by atoms with Crippen LogP contribution >= 0.6 is 0 Å². The van der Waals surface area contributed by atoms with Gasteiger partial charge in [-0.2, -0.15) is 26.3 Å². The summed E-state index contributed by atoms with van der Waals surface area (Å²) in [5, 5.41) is 0. The zero-order valence-electron chi connectivity index (χ0n) is 14.2. The topological polar surface area (TPSA) is 43.6 Å². The summed E-state index contributed by atoms with van der Waals surface area (Å²) in [5.41, 5.74) is -2.73. The van der Waals surface area contributed by atoms with Crippen molar-refractivity contribution >= 4 is 11.6 Å². The molecule has 4 nitrogen and oxygen atoms in total. The first-order chi connectivity index (χ1) is 13.0. The number of pyridine rings is 1. The molecule has 0 N–H and O–H groups in total. The van der Waals surface area contributed by atoms with Crippen LogP contribution in [0.5, 0.6) is 0 Å². The first kappa shape index (κ1) is 19.7. The van der Waals surface area contributed by atoms with Gasteiger partial charge in [0, 0.05) is 12.4 Å². The average molecular weight is 402 g/mol. The number of imidazole rings is 1. The summed E-state index contributed by atoms with van der Waals surface area (Å²) in [6, 6.07) is 4.05. The van der Waals surface area contributed by atoms with Gasteiger partial charge in [-0.15, -0.1) is 0 Å². The van der Waals surface area contributed by atoms with Crippen molar-refractivity contribution in [2.75, 3.05) is 6.61 Å². The lowest BCUT2D eigenvalue weighted by Crippen LogP contribution is -2.11. The maximum atomic E-state index is 13.0. The molecule has 0 aliphatic heterocycles. The number of nitrogens with zero attached hydrogens (tertiary/aromatic N) is 2. The number of hydrogen-bond donors (Lipinski definition) is 0. The minimum atomic E-state index is -4.94. The molecule has 0 aliphatic rings. The highest BCUT2D eigenvalue weighted by Crippen LogP contribution is 2.38. The molecule has 28 heavy (non-hydrogen) atoms. The molecule has 148 valence electrons. The smallest absolute Gasteiger partial charge is 0.416 e. The Labute approximate surface area is 154 Å². The first-order valence-electron chi connectivity index (χ1n) is 7.95. The minimum Gasteiger partial charge on any atom is -0.461 e. The van der Waals surface area contributed by atoms with Crippen molar-refractivity contribution < 1.29 is 35.9 Å². The molecule has 0 unspecified atom stereocenters. The van der Waals surface area contributed by atoms with Crippen LogP contribution < -0.4 is 0 Å². The second-order valence-corrected chi connectivity index (χ2v) is 5.82. The fraction of sp³-hybridized carbons (Fsp3) is 0.222. The molecule has 2 heterocycles. The fourth-order valence-electron chi connectivity index (χ4n) is 2.59. The summed E-state index contributed by atoms with van der Waals surface area (Å²) in [4.78, 5) is 15.7. The Bertz CT molecular complexity index is 1000. The number of hydrogen-bond acceptors (Lipinski definition) is 3. The van der Waals surface area contributed by atoms with Gasteiger partial charge in [-0.05, 0) is 48.4 Å². The van der Waals surface area contributed by atoms with Crippen molar-refractivity contribution in [2.45, 2.75) is 19.3 Å². The van der Waals surface area contributed by atoms with Gasteiger partial charge >= 0.3 is 18.3 Å². The second-order valence-electron chi connectivity index (χ2n) is 5.82. The summed E-state index contributed by atoms with van der Waals surface area (Å²) in [6.45, 7) is 1.74. The van der Waals surface area contributed by atoms with Gasteiger partial charge in [0.1, 0.15) is 5.65 Å². The van der Waals surface area contributed by atoms with E-state index in [1.807, 2.05) is 0 Å². The van der Waals surface area contributed by atoms with Crippen molar-refractivity contribution in [2.24, 2.45) is 0 Å². The van der Waals surface area contributed by atoms with E-state index in [2.05, 4.69) is 4.98 Å². The van der Waals surface area contributed by atoms with Gasteiger partial charge in [-0.3, -0.25) is 0 Å². The van der Waals surface area contributed by atoms with Crippen LogP contribution in [0.15, 0.2) is 42.7 Å². The van der Waals surface area contributed by atoms with E-state index in [1.54, 1.807) is 6.92 Å². The highest BCUT2D eigenvalue weighted by atomic mass is 19.4. The quantitative estimate of drug-likeness (QED) is 0.446. The van der Waals surface area contributed by atoms with E-state index in [-0.39, 0.29) is 35.1 Å². The summed E-state index contributed by atoms with van der Waals surface area (Å²) >= 11 is 0. The van der Waals surface area contributed by atoms with Crippen LogP contribution in [0.2, 0.25) is 0 Å². The minimum absolute atomic E-state index is 0.0287. The number of carbonyl (C=O) groups excluding carboxylic acids is 1. The summed E-state index contributed by atoms with van der Waals surface area (Å²) in [5.74, 6) is -0.689. The van der Waals surface area contributed by atoms with E-state index in [4.69, 9.17) is 4.74 Å². The van der Waals surface area contributed by atoms with E-state index < -0.39 is 29.4 Å². The molecule has 1 aromatic carbocycles. The van der Waals surface area contributed by atoms with Crippen LogP contribution in [0.1, 0.15) is 28.5 Å². The maximum absolute atomic E-state index is 13.0. The Hall–Kier alpha value is -3.04. The van der Waals surface area contributed by atoms with Crippen LogP contribution in [-0.4, -0.2) is 22.0 Å². The standard InChI is InChI=1S/C18H12F6N2O2/c1-2-28-16(27)14-9-26-8-10(3-4-15(26)25-14)11-5-12(17(19,20)21)7-13(6-11)18(22,23)24/h3-9H,2H2,1H3. The third kappa shape index (κ3) is 3.95. The monoisotopic (exact) mass is 402 g/mol. The summed E-state index contributed by atoms with van der Waals surface area (Å²) in [6.07, 6.45) is -7.30. The van der Waals surface area contributed by atoms with Crippen molar-refractivity contribution in [3.8, 4) is 11.1 Å². The SMILES string of the molecule is CCOC(=O)c1cn2cc(-c3cc(C(F)(F)F)cc(C(F)(F)F)c3)ccc2n1. The number of ether oxygens (including phenoxy) is 1. The van der Waals surface area contributed by atoms with E-state index in [0.717, 1.165) is 0 Å². The molecule has 3 aromatic rings. The maximum Gasteiger partial charge on any atom is 0.416 e. The van der Waals surface area contributed by atoms with E-state index in [9.17, 15) is 31.1 Å². The van der Waals surface area contributed by atoms with Gasteiger partial charge in [0.15, 0.2) is 5.69 Å². The highest BCUT2D eigenvalue weighted by Gasteiger charge is 2.37. The molecule has 0 saturated heterocycles. The molecule has 0 radical (unpaired) electrons. The molecule has 3 rings (SSSR count). The van der Waals surface area contributed by atoms with Crippen molar-refractivity contribution in [3.63, 3.8) is 0 Å². The van der Waals surface area contributed by atoms with E-state index in [0.29, 0.717) is 12.1 Å². The lowest BCUT2D eigenvalue weighted by molar-refractivity contribution is -0.143. The molecule has 0 atom stereocenters.